The highest BCUT2D eigenvalue weighted by molar-refractivity contribution is 5.94. The molecule has 0 saturated carbocycles. The Morgan fingerprint density at radius 3 is 2.67 bits per heavy atom. The van der Waals surface area contributed by atoms with E-state index < -0.39 is 5.97 Å². The van der Waals surface area contributed by atoms with E-state index in [9.17, 15) is 4.79 Å². The minimum absolute atomic E-state index is 0. The number of nitrogen functional groups attached to an aromatic ring is 1. The van der Waals surface area contributed by atoms with E-state index in [2.05, 4.69) is 0 Å². The molecular weight excluding hydrogens is 222 g/mol. The number of aliphatic hydroxyl groups is 1. The second-order valence-corrected chi connectivity index (χ2v) is 2.63. The average molecular weight is 234 g/mol. The lowest BCUT2D eigenvalue weighted by molar-refractivity contribution is 0.0697. The van der Waals surface area contributed by atoms with Crippen molar-refractivity contribution < 1.29 is 19.7 Å². The normalized spacial score (nSPS) is 9.13. The third-order valence-corrected chi connectivity index (χ3v) is 1.62. The van der Waals surface area contributed by atoms with Gasteiger partial charge in [-0.1, -0.05) is 0 Å². The molecular formula is C9H12ClNO4. The van der Waals surface area contributed by atoms with Crippen molar-refractivity contribution in [3.8, 4) is 5.75 Å². The molecule has 0 amide bonds. The van der Waals surface area contributed by atoms with Crippen LogP contribution in [0.25, 0.3) is 0 Å². The number of nitrogens with two attached hydrogens (primary N) is 1. The van der Waals surface area contributed by atoms with Gasteiger partial charge in [0.05, 0.1) is 12.2 Å². The van der Waals surface area contributed by atoms with Crippen LogP contribution in [0.15, 0.2) is 18.2 Å². The Morgan fingerprint density at radius 1 is 1.47 bits per heavy atom. The molecule has 0 aromatic heterocycles. The lowest BCUT2D eigenvalue weighted by atomic mass is 10.2. The van der Waals surface area contributed by atoms with Gasteiger partial charge in [0, 0.05) is 5.69 Å². The summed E-state index contributed by atoms with van der Waals surface area (Å²) >= 11 is 0. The molecule has 0 unspecified atom stereocenters. The zero-order valence-electron chi connectivity index (χ0n) is 7.84. The number of halogens is 1. The molecule has 0 fully saturated rings. The highest BCUT2D eigenvalue weighted by Gasteiger charge is 2.08. The minimum Gasteiger partial charge on any atom is -0.491 e. The highest BCUT2D eigenvalue weighted by Crippen LogP contribution is 2.19. The number of hydrogen-bond donors (Lipinski definition) is 3. The molecule has 0 aliphatic carbocycles. The number of aromatic carboxylic acids is 1. The van der Waals surface area contributed by atoms with Gasteiger partial charge in [0.2, 0.25) is 0 Å². The lowest BCUT2D eigenvalue weighted by Gasteiger charge is -2.06. The summed E-state index contributed by atoms with van der Waals surface area (Å²) in [6.07, 6.45) is 0. The fourth-order valence-corrected chi connectivity index (χ4v) is 0.974. The quantitative estimate of drug-likeness (QED) is 0.668. The zero-order chi connectivity index (χ0) is 10.6. The number of benzene rings is 1. The summed E-state index contributed by atoms with van der Waals surface area (Å²) in [6, 6.07) is 4.33. The smallest absolute Gasteiger partial charge is 0.337 e. The Kier molecular flexibility index (Phi) is 5.51. The van der Waals surface area contributed by atoms with Gasteiger partial charge in [0.25, 0.3) is 0 Å². The van der Waals surface area contributed by atoms with Crippen LogP contribution >= 0.6 is 12.4 Å². The fourth-order valence-electron chi connectivity index (χ4n) is 0.974. The van der Waals surface area contributed by atoms with Gasteiger partial charge in [0.1, 0.15) is 12.4 Å². The van der Waals surface area contributed by atoms with Crippen molar-refractivity contribution in [2.75, 3.05) is 18.9 Å². The maximum absolute atomic E-state index is 10.7. The molecule has 0 saturated heterocycles. The van der Waals surface area contributed by atoms with Crippen molar-refractivity contribution in [3.63, 3.8) is 0 Å². The number of aliphatic hydroxyl groups excluding tert-OH is 1. The first-order valence-corrected chi connectivity index (χ1v) is 4.01. The van der Waals surface area contributed by atoms with Crippen molar-refractivity contribution in [3.05, 3.63) is 23.8 Å². The molecule has 1 rings (SSSR count). The summed E-state index contributed by atoms with van der Waals surface area (Å²) in [4.78, 5) is 10.7. The molecule has 0 aliphatic heterocycles. The molecule has 0 atom stereocenters. The van der Waals surface area contributed by atoms with Gasteiger partial charge in [-0.3, -0.25) is 0 Å². The van der Waals surface area contributed by atoms with Crippen LogP contribution in [0.5, 0.6) is 5.75 Å². The second-order valence-electron chi connectivity index (χ2n) is 2.63. The third-order valence-electron chi connectivity index (χ3n) is 1.62. The Labute approximate surface area is 92.9 Å². The molecule has 0 heterocycles. The molecule has 0 bridgehead atoms. The van der Waals surface area contributed by atoms with Crippen LogP contribution in [-0.4, -0.2) is 29.4 Å². The first-order chi connectivity index (χ1) is 6.65. The van der Waals surface area contributed by atoms with Crippen LogP contribution in [-0.2, 0) is 0 Å². The van der Waals surface area contributed by atoms with Crippen molar-refractivity contribution in [2.24, 2.45) is 0 Å². The molecule has 0 aliphatic rings. The van der Waals surface area contributed by atoms with E-state index in [4.69, 9.17) is 20.7 Å². The number of carboxylic acids is 1. The molecule has 5 nitrogen and oxygen atoms in total. The van der Waals surface area contributed by atoms with E-state index in [-0.39, 0.29) is 36.9 Å². The van der Waals surface area contributed by atoms with Gasteiger partial charge in [-0.2, -0.15) is 0 Å². The molecule has 84 valence electrons. The molecule has 15 heavy (non-hydrogen) atoms. The predicted molar refractivity (Wildman–Crippen MR) is 57.6 cm³/mol. The maximum Gasteiger partial charge on any atom is 0.337 e. The summed E-state index contributed by atoms with van der Waals surface area (Å²) in [7, 11) is 0. The SMILES string of the molecule is Cl.Nc1ccc(OCCO)cc1C(=O)O. The van der Waals surface area contributed by atoms with Crippen molar-refractivity contribution >= 4 is 24.1 Å². The van der Waals surface area contributed by atoms with Crippen LogP contribution < -0.4 is 10.5 Å². The number of ether oxygens (including phenoxy) is 1. The van der Waals surface area contributed by atoms with E-state index in [0.29, 0.717) is 5.75 Å². The van der Waals surface area contributed by atoms with Crippen molar-refractivity contribution in [1.29, 1.82) is 0 Å². The average Bonchev–Trinajstić information content (AvgIpc) is 2.16. The van der Waals surface area contributed by atoms with Crippen LogP contribution in [0.2, 0.25) is 0 Å². The number of carboxylic acid groups (broad SMARTS) is 1. The Morgan fingerprint density at radius 2 is 2.13 bits per heavy atom. The largest absolute Gasteiger partial charge is 0.491 e. The lowest BCUT2D eigenvalue weighted by Crippen LogP contribution is -2.05. The van der Waals surface area contributed by atoms with Crippen LogP contribution in [0.3, 0.4) is 0 Å². The number of hydrogen-bond acceptors (Lipinski definition) is 4. The predicted octanol–water partition coefficient (Wildman–Crippen LogP) is 0.760. The standard InChI is InChI=1S/C9H11NO4.ClH/c10-8-2-1-6(14-4-3-11)5-7(8)9(12)13;/h1-2,5,11H,3-4,10H2,(H,12,13);1H. The number of anilines is 1. The van der Waals surface area contributed by atoms with E-state index in [1.54, 1.807) is 6.07 Å². The second kappa shape index (κ2) is 6.10. The van der Waals surface area contributed by atoms with E-state index in [1.165, 1.54) is 12.1 Å². The molecule has 0 radical (unpaired) electrons. The molecule has 4 N–H and O–H groups in total. The highest BCUT2D eigenvalue weighted by atomic mass is 35.5. The van der Waals surface area contributed by atoms with Gasteiger partial charge in [-0.25, -0.2) is 4.79 Å². The maximum atomic E-state index is 10.7. The number of rotatable bonds is 4. The molecule has 1 aromatic carbocycles. The van der Waals surface area contributed by atoms with Crippen molar-refractivity contribution in [1.82, 2.24) is 0 Å². The van der Waals surface area contributed by atoms with Crippen LogP contribution in [0.4, 0.5) is 5.69 Å². The van der Waals surface area contributed by atoms with Gasteiger partial charge in [0.15, 0.2) is 0 Å². The van der Waals surface area contributed by atoms with E-state index >= 15 is 0 Å². The summed E-state index contributed by atoms with van der Waals surface area (Å²) in [6.45, 7) is 0.00968. The first kappa shape index (κ1) is 13.5. The van der Waals surface area contributed by atoms with E-state index in [0.717, 1.165) is 0 Å². The third kappa shape index (κ3) is 3.65. The Bertz CT molecular complexity index is 343. The van der Waals surface area contributed by atoms with Gasteiger partial charge in [-0.15, -0.1) is 12.4 Å². The van der Waals surface area contributed by atoms with E-state index in [1.807, 2.05) is 0 Å². The van der Waals surface area contributed by atoms with Crippen LogP contribution in [0, 0.1) is 0 Å². The van der Waals surface area contributed by atoms with Gasteiger partial charge >= 0.3 is 5.97 Å². The van der Waals surface area contributed by atoms with Gasteiger partial charge in [-0.05, 0) is 18.2 Å². The monoisotopic (exact) mass is 233 g/mol. The summed E-state index contributed by atoms with van der Waals surface area (Å²) < 4.78 is 5.03. The van der Waals surface area contributed by atoms with Crippen LogP contribution in [0.1, 0.15) is 10.4 Å². The zero-order valence-corrected chi connectivity index (χ0v) is 8.66. The first-order valence-electron chi connectivity index (χ1n) is 4.01. The summed E-state index contributed by atoms with van der Waals surface area (Å²) in [5.41, 5.74) is 5.62. The molecule has 0 spiro atoms. The summed E-state index contributed by atoms with van der Waals surface area (Å²) in [5, 5.41) is 17.2. The number of carbonyl (C=O) groups is 1. The Hall–Kier alpha value is -1.46. The molecule has 1 aromatic rings. The van der Waals surface area contributed by atoms with Crippen molar-refractivity contribution in [2.45, 2.75) is 0 Å². The topological polar surface area (TPSA) is 92.8 Å². The Balaban J connectivity index is 0.00000196. The summed E-state index contributed by atoms with van der Waals surface area (Å²) in [5.74, 6) is -0.720. The molecule has 6 heteroatoms. The fraction of sp³-hybridized carbons (Fsp3) is 0.222. The minimum atomic E-state index is -1.10. The van der Waals surface area contributed by atoms with Gasteiger partial charge < -0.3 is 20.7 Å².